The summed E-state index contributed by atoms with van der Waals surface area (Å²) < 4.78 is 0. The number of amides is 1. The lowest BCUT2D eigenvalue weighted by Gasteiger charge is -2.20. The number of para-hydroxylation sites is 1. The minimum atomic E-state index is 0. The number of hydrogen-bond acceptors (Lipinski definition) is 3. The van der Waals surface area contributed by atoms with E-state index < -0.39 is 0 Å². The first-order chi connectivity index (χ1) is 13.2. The molecule has 1 amide bonds. The first kappa shape index (κ1) is 22.8. The van der Waals surface area contributed by atoms with Crippen LogP contribution in [0.15, 0.2) is 35.3 Å². The molecule has 1 unspecified atom stereocenters. The van der Waals surface area contributed by atoms with Crippen molar-refractivity contribution in [3.05, 3.63) is 30.3 Å². The van der Waals surface area contributed by atoms with Gasteiger partial charge >= 0.3 is 0 Å². The summed E-state index contributed by atoms with van der Waals surface area (Å²) in [5.41, 5.74) is 1.27. The van der Waals surface area contributed by atoms with E-state index in [0.717, 1.165) is 25.5 Å². The zero-order valence-electron chi connectivity index (χ0n) is 16.8. The van der Waals surface area contributed by atoms with Crippen LogP contribution in [0.2, 0.25) is 0 Å². The van der Waals surface area contributed by atoms with Gasteiger partial charge in [-0.05, 0) is 37.3 Å². The minimum absolute atomic E-state index is 0. The van der Waals surface area contributed by atoms with E-state index in [1.54, 1.807) is 7.05 Å². The number of anilines is 1. The highest BCUT2D eigenvalue weighted by molar-refractivity contribution is 14.0. The number of halogens is 1. The summed E-state index contributed by atoms with van der Waals surface area (Å²) in [5, 5.41) is 9.82. The van der Waals surface area contributed by atoms with Crippen LogP contribution in [0, 0.1) is 5.92 Å². The van der Waals surface area contributed by atoms with Gasteiger partial charge in [0.05, 0.1) is 0 Å². The number of carbonyl (C=O) groups is 1. The summed E-state index contributed by atoms with van der Waals surface area (Å²) in [7, 11) is 1.79. The van der Waals surface area contributed by atoms with Crippen LogP contribution in [0.5, 0.6) is 0 Å². The summed E-state index contributed by atoms with van der Waals surface area (Å²) in [5.74, 6) is 1.59. The predicted octanol–water partition coefficient (Wildman–Crippen LogP) is 2.74. The highest BCUT2D eigenvalue weighted by Crippen LogP contribution is 2.27. The molecule has 1 aliphatic carbocycles. The fraction of sp³-hybridized carbons (Fsp3) is 0.619. The summed E-state index contributed by atoms with van der Waals surface area (Å²) in [4.78, 5) is 18.7. The van der Waals surface area contributed by atoms with Gasteiger partial charge in [0.25, 0.3) is 0 Å². The largest absolute Gasteiger partial charge is 0.369 e. The molecule has 1 aromatic rings. The van der Waals surface area contributed by atoms with Gasteiger partial charge < -0.3 is 20.9 Å². The first-order valence-corrected chi connectivity index (χ1v) is 10.3. The molecule has 2 fully saturated rings. The summed E-state index contributed by atoms with van der Waals surface area (Å²) in [6, 6.07) is 10.9. The maximum absolute atomic E-state index is 12.0. The molecule has 0 spiro atoms. The molecule has 6 nitrogen and oxygen atoms in total. The van der Waals surface area contributed by atoms with Crippen molar-refractivity contribution in [3.8, 4) is 0 Å². The molecule has 0 aromatic heterocycles. The molecule has 1 atom stereocenters. The Morgan fingerprint density at radius 2 is 1.82 bits per heavy atom. The Bertz CT molecular complexity index is 618. The average Bonchev–Trinajstić information content (AvgIpc) is 3.37. The van der Waals surface area contributed by atoms with Crippen molar-refractivity contribution < 1.29 is 4.79 Å². The summed E-state index contributed by atoms with van der Waals surface area (Å²) in [6.07, 6.45) is 6.76. The van der Waals surface area contributed by atoms with E-state index in [1.165, 1.54) is 31.4 Å². The van der Waals surface area contributed by atoms with Crippen LogP contribution in [-0.4, -0.2) is 51.1 Å². The normalized spacial score (nSPS) is 20.0. The van der Waals surface area contributed by atoms with E-state index in [9.17, 15) is 4.79 Å². The minimum Gasteiger partial charge on any atom is -0.369 e. The van der Waals surface area contributed by atoms with Crippen molar-refractivity contribution in [2.24, 2.45) is 10.9 Å². The highest BCUT2D eigenvalue weighted by Gasteiger charge is 2.23. The number of nitrogens with one attached hydrogen (secondary N) is 3. The first-order valence-electron chi connectivity index (χ1n) is 10.3. The Morgan fingerprint density at radius 1 is 1.11 bits per heavy atom. The molecular weight excluding hydrogens is 465 g/mol. The van der Waals surface area contributed by atoms with Crippen molar-refractivity contribution in [1.82, 2.24) is 16.0 Å². The van der Waals surface area contributed by atoms with Crippen LogP contribution >= 0.6 is 24.0 Å². The Hall–Kier alpha value is -1.51. The molecule has 28 heavy (non-hydrogen) atoms. The molecular formula is C21H34IN5O. The van der Waals surface area contributed by atoms with Gasteiger partial charge in [0.2, 0.25) is 5.91 Å². The molecule has 1 saturated carbocycles. The third-order valence-electron chi connectivity index (χ3n) is 5.56. The van der Waals surface area contributed by atoms with Crippen LogP contribution in [0.25, 0.3) is 0 Å². The van der Waals surface area contributed by atoms with E-state index in [-0.39, 0.29) is 29.9 Å². The molecule has 1 aromatic carbocycles. The lowest BCUT2D eigenvalue weighted by Crippen LogP contribution is -2.46. The molecule has 3 N–H and O–H groups in total. The average molecular weight is 499 g/mol. The van der Waals surface area contributed by atoms with Gasteiger partial charge in [-0.3, -0.25) is 9.79 Å². The van der Waals surface area contributed by atoms with Crippen LogP contribution in [0.1, 0.15) is 38.5 Å². The van der Waals surface area contributed by atoms with Crippen molar-refractivity contribution in [2.45, 2.75) is 44.6 Å². The predicted molar refractivity (Wildman–Crippen MR) is 127 cm³/mol. The van der Waals surface area contributed by atoms with E-state index in [0.29, 0.717) is 31.5 Å². The number of aliphatic imine (C=N–C) groups is 1. The number of carbonyl (C=O) groups excluding carboxylic acids is 1. The smallest absolute Gasteiger partial charge is 0.220 e. The van der Waals surface area contributed by atoms with Crippen LogP contribution in [0.3, 0.4) is 0 Å². The zero-order valence-corrected chi connectivity index (χ0v) is 19.2. The number of guanidine groups is 1. The molecule has 2 aliphatic rings. The fourth-order valence-electron chi connectivity index (χ4n) is 4.07. The Kier molecular flexibility index (Phi) is 9.87. The van der Waals surface area contributed by atoms with Gasteiger partial charge in [-0.1, -0.05) is 31.0 Å². The quantitative estimate of drug-likeness (QED) is 0.234. The van der Waals surface area contributed by atoms with Gasteiger partial charge in [0.15, 0.2) is 5.96 Å². The number of benzene rings is 1. The van der Waals surface area contributed by atoms with Crippen molar-refractivity contribution in [1.29, 1.82) is 0 Å². The zero-order chi connectivity index (χ0) is 18.9. The van der Waals surface area contributed by atoms with E-state index in [1.807, 2.05) is 6.07 Å². The van der Waals surface area contributed by atoms with Gasteiger partial charge in [0.1, 0.15) is 0 Å². The molecule has 3 rings (SSSR count). The van der Waals surface area contributed by atoms with Gasteiger partial charge in [-0.25, -0.2) is 0 Å². The lowest BCUT2D eigenvalue weighted by atomic mass is 10.0. The summed E-state index contributed by atoms with van der Waals surface area (Å²) >= 11 is 0. The van der Waals surface area contributed by atoms with Crippen molar-refractivity contribution in [3.63, 3.8) is 0 Å². The number of hydrogen-bond donors (Lipinski definition) is 3. The van der Waals surface area contributed by atoms with Crippen molar-refractivity contribution >= 4 is 41.5 Å². The Morgan fingerprint density at radius 3 is 2.54 bits per heavy atom. The van der Waals surface area contributed by atoms with Crippen LogP contribution < -0.4 is 20.9 Å². The number of rotatable bonds is 7. The van der Waals surface area contributed by atoms with Gasteiger partial charge in [-0.15, -0.1) is 24.0 Å². The summed E-state index contributed by atoms with van der Waals surface area (Å²) in [6.45, 7) is 3.34. The Labute approximate surface area is 186 Å². The monoisotopic (exact) mass is 499 g/mol. The van der Waals surface area contributed by atoms with Crippen molar-refractivity contribution in [2.75, 3.05) is 38.1 Å². The lowest BCUT2D eigenvalue weighted by molar-refractivity contribution is -0.121. The maximum atomic E-state index is 12.0. The fourth-order valence-corrected chi connectivity index (χ4v) is 4.07. The molecule has 1 saturated heterocycles. The second kappa shape index (κ2) is 12.1. The second-order valence-corrected chi connectivity index (χ2v) is 7.62. The van der Waals surface area contributed by atoms with Crippen LogP contribution in [-0.2, 0) is 4.79 Å². The third kappa shape index (κ3) is 7.14. The number of nitrogens with zero attached hydrogens (tertiary/aromatic N) is 2. The van der Waals surface area contributed by atoms with Crippen LogP contribution in [0.4, 0.5) is 5.69 Å². The van der Waals surface area contributed by atoms with Gasteiger partial charge in [0, 0.05) is 51.4 Å². The molecule has 1 heterocycles. The molecule has 156 valence electrons. The SMILES string of the molecule is CN=C(NCCNC(=O)CC1CCCC1)NC1CCN(c2ccccc2)C1.I. The van der Waals surface area contributed by atoms with E-state index in [2.05, 4.69) is 50.1 Å². The highest BCUT2D eigenvalue weighted by atomic mass is 127. The molecule has 0 bridgehead atoms. The molecule has 0 radical (unpaired) electrons. The van der Waals surface area contributed by atoms with E-state index >= 15 is 0 Å². The maximum Gasteiger partial charge on any atom is 0.220 e. The molecule has 7 heteroatoms. The van der Waals surface area contributed by atoms with E-state index in [4.69, 9.17) is 0 Å². The Balaban J connectivity index is 0.00000280. The topological polar surface area (TPSA) is 68.8 Å². The van der Waals surface area contributed by atoms with Gasteiger partial charge in [-0.2, -0.15) is 0 Å². The second-order valence-electron chi connectivity index (χ2n) is 7.62. The standard InChI is InChI=1S/C21H33N5O.HI/c1-22-21(24-13-12-23-20(27)15-17-7-5-6-8-17)25-18-11-14-26(16-18)19-9-3-2-4-10-19;/h2-4,9-10,17-18H,5-8,11-16H2,1H3,(H,23,27)(H2,22,24,25);1H. The third-order valence-corrected chi connectivity index (χ3v) is 5.56. The molecule has 1 aliphatic heterocycles.